The van der Waals surface area contributed by atoms with Gasteiger partial charge in [-0.15, -0.1) is 12.4 Å². The van der Waals surface area contributed by atoms with Gasteiger partial charge in [0.15, 0.2) is 0 Å². The molecule has 0 saturated carbocycles. The molecule has 1 fully saturated rings. The lowest BCUT2D eigenvalue weighted by Gasteiger charge is -2.34. The maximum atomic E-state index is 12.7. The molecule has 34 heavy (non-hydrogen) atoms. The lowest BCUT2D eigenvalue weighted by Crippen LogP contribution is -2.54. The highest BCUT2D eigenvalue weighted by Gasteiger charge is 2.28. The van der Waals surface area contributed by atoms with E-state index in [1.165, 1.54) is 0 Å². The third-order valence-electron chi connectivity index (χ3n) is 5.23. The smallest absolute Gasteiger partial charge is 0.245 e. The van der Waals surface area contributed by atoms with Crippen molar-refractivity contribution in [1.29, 1.82) is 5.41 Å². The Labute approximate surface area is 203 Å². The van der Waals surface area contributed by atoms with E-state index in [4.69, 9.17) is 11.1 Å². The molecular formula is C21H29ClN8O4. The Kier molecular flexibility index (Phi) is 9.98. The summed E-state index contributed by atoms with van der Waals surface area (Å²) in [5.41, 5.74) is 6.36. The number of aliphatic hydroxyl groups excluding tert-OH is 2. The molecule has 0 bridgehead atoms. The molecule has 0 spiro atoms. The van der Waals surface area contributed by atoms with Crippen LogP contribution in [-0.4, -0.2) is 94.2 Å². The van der Waals surface area contributed by atoms with E-state index in [2.05, 4.69) is 20.6 Å². The van der Waals surface area contributed by atoms with Crippen molar-refractivity contribution >= 4 is 41.7 Å². The summed E-state index contributed by atoms with van der Waals surface area (Å²) in [6.07, 6.45) is 1.92. The normalized spacial score (nSPS) is 15.0. The van der Waals surface area contributed by atoms with Crippen LogP contribution in [0.3, 0.4) is 0 Å². The molecule has 7 N–H and O–H groups in total. The minimum Gasteiger partial charge on any atom is -0.394 e. The zero-order valence-electron chi connectivity index (χ0n) is 18.4. The Bertz CT molecular complexity index is 972. The van der Waals surface area contributed by atoms with Crippen molar-refractivity contribution in [2.45, 2.75) is 12.1 Å². The number of piperazine rings is 1. The van der Waals surface area contributed by atoms with Crippen molar-refractivity contribution in [3.05, 3.63) is 48.3 Å². The Morgan fingerprint density at radius 3 is 2.44 bits per heavy atom. The van der Waals surface area contributed by atoms with E-state index in [0.717, 1.165) is 0 Å². The van der Waals surface area contributed by atoms with Gasteiger partial charge in [-0.1, -0.05) is 12.1 Å². The van der Waals surface area contributed by atoms with Gasteiger partial charge in [0.1, 0.15) is 18.0 Å². The number of amides is 2. The summed E-state index contributed by atoms with van der Waals surface area (Å²) in [5.74, 6) is -0.437. The number of nitrogens with two attached hydrogens (primary N) is 1. The Morgan fingerprint density at radius 1 is 1.15 bits per heavy atom. The van der Waals surface area contributed by atoms with Crippen LogP contribution in [0.1, 0.15) is 5.56 Å². The molecule has 1 aliphatic rings. The van der Waals surface area contributed by atoms with Gasteiger partial charge >= 0.3 is 0 Å². The van der Waals surface area contributed by atoms with Crippen LogP contribution in [0.5, 0.6) is 0 Å². The summed E-state index contributed by atoms with van der Waals surface area (Å²) in [6, 6.07) is 6.99. The first-order valence-electron chi connectivity index (χ1n) is 10.5. The van der Waals surface area contributed by atoms with Gasteiger partial charge < -0.3 is 36.4 Å². The molecule has 2 heterocycles. The number of nitrogen functional groups attached to an aromatic ring is 1. The van der Waals surface area contributed by atoms with E-state index in [0.29, 0.717) is 43.4 Å². The lowest BCUT2D eigenvalue weighted by molar-refractivity contribution is -0.134. The highest BCUT2D eigenvalue weighted by Crippen LogP contribution is 2.13. The van der Waals surface area contributed by atoms with E-state index in [9.17, 15) is 19.8 Å². The molecule has 2 aromatic rings. The second-order valence-corrected chi connectivity index (χ2v) is 7.50. The van der Waals surface area contributed by atoms with Crippen LogP contribution < -0.4 is 21.3 Å². The van der Waals surface area contributed by atoms with Gasteiger partial charge in [-0.25, -0.2) is 9.97 Å². The van der Waals surface area contributed by atoms with Crippen LogP contribution >= 0.6 is 12.4 Å². The molecular weight excluding hydrogens is 464 g/mol. The molecule has 1 aromatic heterocycles. The minimum absolute atomic E-state index is 0. The molecule has 2 atom stereocenters. The third kappa shape index (κ3) is 7.01. The van der Waals surface area contributed by atoms with Crippen LogP contribution in [0.2, 0.25) is 0 Å². The van der Waals surface area contributed by atoms with Crippen molar-refractivity contribution in [2.75, 3.05) is 49.5 Å². The monoisotopic (exact) mass is 492 g/mol. The number of hydrogen-bond donors (Lipinski definition) is 6. The molecule has 12 nitrogen and oxygen atoms in total. The number of halogens is 1. The summed E-state index contributed by atoms with van der Waals surface area (Å²) in [5, 5.41) is 32.4. The van der Waals surface area contributed by atoms with Gasteiger partial charge in [0.25, 0.3) is 0 Å². The van der Waals surface area contributed by atoms with Gasteiger partial charge in [-0.05, 0) is 18.2 Å². The molecule has 0 radical (unpaired) electrons. The van der Waals surface area contributed by atoms with Gasteiger partial charge in [0, 0.05) is 49.8 Å². The van der Waals surface area contributed by atoms with Gasteiger partial charge in [0.2, 0.25) is 17.8 Å². The number of anilines is 2. The number of benzene rings is 1. The standard InChI is InChI=1S/C21H28N8O4.ClH/c22-19(23)14-3-1-4-15(11-14)27-18(16(31)13-30)20(33)26-12-17(32)28-7-9-29(10-8-28)21-24-5-2-6-25-21;/h1-6,11,16,18,27,30-31H,7-10,12-13H2,(H3,22,23)(H,26,33);1H. The second kappa shape index (κ2) is 12.7. The number of hydrogen-bond acceptors (Lipinski definition) is 9. The number of aliphatic hydroxyl groups is 2. The van der Waals surface area contributed by atoms with E-state index in [-0.39, 0.29) is 30.7 Å². The fraction of sp³-hybridized carbons (Fsp3) is 0.381. The second-order valence-electron chi connectivity index (χ2n) is 7.50. The number of aromatic nitrogens is 2. The third-order valence-corrected chi connectivity index (χ3v) is 5.23. The SMILES string of the molecule is Cl.N=C(N)c1cccc(NC(C(=O)NCC(=O)N2CCN(c3ncccn3)CC2)C(O)CO)c1. The maximum Gasteiger partial charge on any atom is 0.245 e. The first kappa shape index (κ1) is 26.8. The van der Waals surface area contributed by atoms with Gasteiger partial charge in [0.05, 0.1) is 13.2 Å². The topological polar surface area (TPSA) is 181 Å². The highest BCUT2D eigenvalue weighted by molar-refractivity contribution is 5.96. The average molecular weight is 493 g/mol. The molecule has 1 aromatic carbocycles. The van der Waals surface area contributed by atoms with Crippen LogP contribution in [-0.2, 0) is 9.59 Å². The molecule has 0 aliphatic carbocycles. The van der Waals surface area contributed by atoms with E-state index in [1.54, 1.807) is 47.6 Å². The first-order chi connectivity index (χ1) is 15.9. The molecule has 3 rings (SSSR count). The van der Waals surface area contributed by atoms with Crippen LogP contribution in [0, 0.1) is 5.41 Å². The molecule has 1 aliphatic heterocycles. The molecule has 2 amide bonds. The van der Waals surface area contributed by atoms with Crippen LogP contribution in [0.4, 0.5) is 11.6 Å². The van der Waals surface area contributed by atoms with E-state index < -0.39 is 24.7 Å². The van der Waals surface area contributed by atoms with Gasteiger partial charge in [-0.2, -0.15) is 0 Å². The number of nitrogens with zero attached hydrogens (tertiary/aromatic N) is 4. The number of rotatable bonds is 9. The predicted octanol–water partition coefficient (Wildman–Crippen LogP) is -1.22. The Balaban J connectivity index is 0.00000408. The zero-order valence-corrected chi connectivity index (χ0v) is 19.2. The fourth-order valence-corrected chi connectivity index (χ4v) is 3.39. The summed E-state index contributed by atoms with van der Waals surface area (Å²) < 4.78 is 0. The summed E-state index contributed by atoms with van der Waals surface area (Å²) in [7, 11) is 0. The quantitative estimate of drug-likeness (QED) is 0.185. The molecule has 184 valence electrons. The maximum absolute atomic E-state index is 12.7. The summed E-state index contributed by atoms with van der Waals surface area (Å²) in [6.45, 7) is 1.17. The van der Waals surface area contributed by atoms with Crippen molar-refractivity contribution in [3.63, 3.8) is 0 Å². The van der Waals surface area contributed by atoms with Crippen molar-refractivity contribution in [1.82, 2.24) is 20.2 Å². The Hall–Kier alpha value is -3.48. The summed E-state index contributed by atoms with van der Waals surface area (Å²) >= 11 is 0. The van der Waals surface area contributed by atoms with Crippen LogP contribution in [0.15, 0.2) is 42.7 Å². The zero-order chi connectivity index (χ0) is 23.8. The number of amidine groups is 1. The van der Waals surface area contributed by atoms with E-state index >= 15 is 0 Å². The molecule has 2 unspecified atom stereocenters. The van der Waals surface area contributed by atoms with Crippen molar-refractivity contribution in [3.8, 4) is 0 Å². The average Bonchev–Trinajstić information content (AvgIpc) is 2.86. The van der Waals surface area contributed by atoms with Crippen LogP contribution in [0.25, 0.3) is 0 Å². The lowest BCUT2D eigenvalue weighted by atomic mass is 10.1. The Morgan fingerprint density at radius 2 is 1.82 bits per heavy atom. The predicted molar refractivity (Wildman–Crippen MR) is 129 cm³/mol. The summed E-state index contributed by atoms with van der Waals surface area (Å²) in [4.78, 5) is 37.3. The molecule has 1 saturated heterocycles. The number of nitrogens with one attached hydrogen (secondary N) is 3. The first-order valence-corrected chi connectivity index (χ1v) is 10.5. The largest absolute Gasteiger partial charge is 0.394 e. The fourth-order valence-electron chi connectivity index (χ4n) is 3.39. The highest BCUT2D eigenvalue weighted by atomic mass is 35.5. The van der Waals surface area contributed by atoms with E-state index in [1.807, 2.05) is 4.90 Å². The van der Waals surface area contributed by atoms with Crippen molar-refractivity contribution in [2.24, 2.45) is 5.73 Å². The van der Waals surface area contributed by atoms with Gasteiger partial charge in [-0.3, -0.25) is 15.0 Å². The number of carbonyl (C=O) groups excluding carboxylic acids is 2. The van der Waals surface area contributed by atoms with Crippen molar-refractivity contribution < 1.29 is 19.8 Å². The molecule has 13 heteroatoms. The minimum atomic E-state index is -1.41. The number of carbonyl (C=O) groups is 2.